The normalized spacial score (nSPS) is 16.0. The van der Waals surface area contributed by atoms with Gasteiger partial charge in [0.1, 0.15) is 6.61 Å². The second-order valence-corrected chi connectivity index (χ2v) is 5.86. The highest BCUT2D eigenvalue weighted by Crippen LogP contribution is 2.34. The lowest BCUT2D eigenvalue weighted by Gasteiger charge is -2.24. The number of rotatable bonds is 3. The van der Waals surface area contributed by atoms with E-state index in [1.165, 1.54) is 7.11 Å². The summed E-state index contributed by atoms with van der Waals surface area (Å²) >= 11 is 0. The van der Waals surface area contributed by atoms with Crippen molar-refractivity contribution in [3.8, 4) is 0 Å². The van der Waals surface area contributed by atoms with E-state index in [1.54, 1.807) is 48.5 Å². The summed E-state index contributed by atoms with van der Waals surface area (Å²) in [6.45, 7) is 0.0562. The molecule has 1 atom stereocenters. The van der Waals surface area contributed by atoms with Crippen LogP contribution in [0.4, 0.5) is 0 Å². The van der Waals surface area contributed by atoms with Gasteiger partial charge in [0, 0.05) is 0 Å². The number of carbonyl (C=O) groups excluding carboxylic acids is 3. The van der Waals surface area contributed by atoms with Gasteiger partial charge in [-0.15, -0.1) is 0 Å². The van der Waals surface area contributed by atoms with E-state index in [9.17, 15) is 14.4 Å². The molecule has 0 N–H and O–H groups in total. The molecule has 1 aliphatic rings. The third-order valence-corrected chi connectivity index (χ3v) is 4.41. The second kappa shape index (κ2) is 6.15. The number of fused-ring (bicyclic) bond motifs is 2. The molecule has 1 unspecified atom stereocenters. The first kappa shape index (κ1) is 16.1. The molecule has 6 heteroatoms. The van der Waals surface area contributed by atoms with Gasteiger partial charge in [-0.3, -0.25) is 0 Å². The molecule has 130 valence electrons. The Hall–Kier alpha value is -3.41. The van der Waals surface area contributed by atoms with Crippen molar-refractivity contribution in [3.63, 3.8) is 0 Å². The summed E-state index contributed by atoms with van der Waals surface area (Å²) in [6, 6.07) is 14.1. The molecule has 0 saturated carbocycles. The number of ether oxygens (including phenoxy) is 3. The lowest BCUT2D eigenvalue weighted by Crippen LogP contribution is -2.43. The molecule has 0 aromatic heterocycles. The summed E-state index contributed by atoms with van der Waals surface area (Å²) < 4.78 is 14.9. The molecule has 1 saturated heterocycles. The van der Waals surface area contributed by atoms with Crippen LogP contribution in [0.5, 0.6) is 0 Å². The first-order valence-corrected chi connectivity index (χ1v) is 8.01. The average molecular weight is 350 g/mol. The van der Waals surface area contributed by atoms with Crippen molar-refractivity contribution in [2.45, 2.75) is 6.10 Å². The van der Waals surface area contributed by atoms with Crippen molar-refractivity contribution in [2.24, 2.45) is 0 Å². The second-order valence-electron chi connectivity index (χ2n) is 5.86. The van der Waals surface area contributed by atoms with Crippen molar-refractivity contribution in [1.82, 2.24) is 0 Å². The van der Waals surface area contributed by atoms with Crippen LogP contribution in [0.2, 0.25) is 0 Å². The molecule has 26 heavy (non-hydrogen) atoms. The van der Waals surface area contributed by atoms with Gasteiger partial charge in [-0.2, -0.15) is 0 Å². The zero-order valence-electron chi connectivity index (χ0n) is 13.9. The highest BCUT2D eigenvalue weighted by molar-refractivity contribution is 6.24. The van der Waals surface area contributed by atoms with Gasteiger partial charge in [-0.1, -0.05) is 48.5 Å². The Morgan fingerprint density at radius 3 is 1.69 bits per heavy atom. The van der Waals surface area contributed by atoms with Gasteiger partial charge in [0.25, 0.3) is 0 Å². The van der Waals surface area contributed by atoms with E-state index in [0.717, 1.165) is 0 Å². The highest BCUT2D eigenvalue weighted by Gasteiger charge is 2.36. The van der Waals surface area contributed by atoms with E-state index in [4.69, 9.17) is 9.47 Å². The molecule has 0 bridgehead atoms. The molecular formula is C20H14O6. The standard InChI is InChI=1S/C20H14O6/c1-24-19(22)16-11-6-2-4-8-13(11)17(14-9-5-3-7-12(14)16)20(23)26-15-10-25-18(15)21/h2-9,15H,10H2,1H3. The van der Waals surface area contributed by atoms with E-state index < -0.39 is 24.0 Å². The Kier molecular flexibility index (Phi) is 3.80. The molecule has 4 rings (SSSR count). The number of cyclic esters (lactones) is 1. The third-order valence-electron chi connectivity index (χ3n) is 4.41. The van der Waals surface area contributed by atoms with Crippen LogP contribution in [0, 0.1) is 0 Å². The van der Waals surface area contributed by atoms with Crippen LogP contribution in [0.25, 0.3) is 21.5 Å². The quantitative estimate of drug-likeness (QED) is 0.411. The number of hydrogen-bond acceptors (Lipinski definition) is 6. The number of esters is 3. The van der Waals surface area contributed by atoms with Crippen LogP contribution >= 0.6 is 0 Å². The van der Waals surface area contributed by atoms with Gasteiger partial charge in [-0.25, -0.2) is 14.4 Å². The predicted octanol–water partition coefficient (Wildman–Crippen LogP) is 2.86. The van der Waals surface area contributed by atoms with Crippen LogP contribution < -0.4 is 0 Å². The molecule has 1 heterocycles. The fraction of sp³-hybridized carbons (Fsp3) is 0.150. The van der Waals surface area contributed by atoms with Crippen molar-refractivity contribution in [3.05, 3.63) is 59.7 Å². The van der Waals surface area contributed by atoms with Gasteiger partial charge in [0.2, 0.25) is 6.10 Å². The summed E-state index contributed by atoms with van der Waals surface area (Å²) in [5.74, 6) is -1.67. The maximum absolute atomic E-state index is 12.8. The molecule has 0 amide bonds. The lowest BCUT2D eigenvalue weighted by atomic mass is 9.91. The van der Waals surface area contributed by atoms with Gasteiger partial charge >= 0.3 is 17.9 Å². The maximum atomic E-state index is 12.8. The van der Waals surface area contributed by atoms with Crippen molar-refractivity contribution in [2.75, 3.05) is 13.7 Å². The third kappa shape index (κ3) is 2.38. The summed E-state index contributed by atoms with van der Waals surface area (Å²) in [5.41, 5.74) is 0.696. The minimum atomic E-state index is -0.889. The Labute approximate surface area is 148 Å². The minimum absolute atomic E-state index is 0.0562. The van der Waals surface area contributed by atoms with Crippen LogP contribution in [-0.2, 0) is 19.0 Å². The monoisotopic (exact) mass is 350 g/mol. The number of benzene rings is 3. The number of carbonyl (C=O) groups is 3. The SMILES string of the molecule is COC(=O)c1c2ccccc2c(C(=O)OC2COC2=O)c2ccccc12. The van der Waals surface area contributed by atoms with E-state index in [-0.39, 0.29) is 6.61 Å². The van der Waals surface area contributed by atoms with Crippen LogP contribution in [0.1, 0.15) is 20.7 Å². The lowest BCUT2D eigenvalue weighted by molar-refractivity contribution is -0.179. The average Bonchev–Trinajstić information content (AvgIpc) is 2.68. The molecule has 0 radical (unpaired) electrons. The Morgan fingerprint density at radius 1 is 0.885 bits per heavy atom. The van der Waals surface area contributed by atoms with Crippen LogP contribution in [-0.4, -0.2) is 37.7 Å². The fourth-order valence-electron chi connectivity index (χ4n) is 3.16. The summed E-state index contributed by atoms with van der Waals surface area (Å²) in [7, 11) is 1.32. The Balaban J connectivity index is 2.01. The zero-order valence-corrected chi connectivity index (χ0v) is 13.9. The Morgan fingerprint density at radius 2 is 1.35 bits per heavy atom. The molecule has 0 spiro atoms. The molecular weight excluding hydrogens is 336 g/mol. The smallest absolute Gasteiger partial charge is 0.351 e. The van der Waals surface area contributed by atoms with Crippen LogP contribution in [0.15, 0.2) is 48.5 Å². The molecule has 6 nitrogen and oxygen atoms in total. The predicted molar refractivity (Wildman–Crippen MR) is 93.0 cm³/mol. The highest BCUT2D eigenvalue weighted by atomic mass is 16.6. The maximum Gasteiger partial charge on any atom is 0.351 e. The zero-order chi connectivity index (χ0) is 18.3. The molecule has 3 aromatic rings. The van der Waals surface area contributed by atoms with Crippen molar-refractivity contribution >= 4 is 39.5 Å². The first-order valence-electron chi connectivity index (χ1n) is 8.01. The Bertz CT molecular complexity index is 1010. The molecule has 1 fully saturated rings. The summed E-state index contributed by atoms with van der Waals surface area (Å²) in [6.07, 6.45) is -0.889. The molecule has 1 aliphatic heterocycles. The van der Waals surface area contributed by atoms with Gasteiger partial charge in [-0.05, 0) is 21.5 Å². The number of hydrogen-bond donors (Lipinski definition) is 0. The first-order chi connectivity index (χ1) is 12.6. The van der Waals surface area contributed by atoms with Gasteiger partial charge in [0.05, 0.1) is 18.2 Å². The van der Waals surface area contributed by atoms with Crippen LogP contribution in [0.3, 0.4) is 0 Å². The van der Waals surface area contributed by atoms with E-state index >= 15 is 0 Å². The summed E-state index contributed by atoms with van der Waals surface area (Å²) in [5, 5.41) is 2.29. The van der Waals surface area contributed by atoms with Crippen molar-refractivity contribution < 1.29 is 28.6 Å². The summed E-state index contributed by atoms with van der Waals surface area (Å²) in [4.78, 5) is 36.6. The number of methoxy groups -OCH3 is 1. The topological polar surface area (TPSA) is 78.9 Å². The van der Waals surface area contributed by atoms with Crippen molar-refractivity contribution in [1.29, 1.82) is 0 Å². The van der Waals surface area contributed by atoms with E-state index in [1.807, 2.05) is 0 Å². The van der Waals surface area contributed by atoms with Gasteiger partial charge in [0.15, 0.2) is 0 Å². The molecule has 3 aromatic carbocycles. The van der Waals surface area contributed by atoms with E-state index in [2.05, 4.69) is 4.74 Å². The van der Waals surface area contributed by atoms with Gasteiger partial charge < -0.3 is 14.2 Å². The molecule has 0 aliphatic carbocycles. The fourth-order valence-corrected chi connectivity index (χ4v) is 3.16. The minimum Gasteiger partial charge on any atom is -0.465 e. The largest absolute Gasteiger partial charge is 0.465 e. The van der Waals surface area contributed by atoms with E-state index in [0.29, 0.717) is 32.7 Å².